The van der Waals surface area contributed by atoms with Gasteiger partial charge in [0.25, 0.3) is 0 Å². The standard InChI is InChI=1S/C39H34N6O2S2/c46-34-26-48-38(32-24-44(30-18-9-3-10-19-30)40-36(32)28-14-5-1-6-15-28)42(34)22-13-23-43-35(47)27-49-39(43)33-25-45(31-20-11-4-12-21-31)41-37(33)29-16-7-2-8-17-29/h1-12,14-21,24-25,38-39H,13,22-23,26-27H2/t38-,39-/m1/s1. The number of carbonyl (C=O) groups excluding carboxylic acids is 2. The van der Waals surface area contributed by atoms with Crippen molar-refractivity contribution in [2.45, 2.75) is 17.2 Å². The predicted octanol–water partition coefficient (Wildman–Crippen LogP) is 7.63. The first-order chi connectivity index (χ1) is 24.1. The van der Waals surface area contributed by atoms with E-state index in [4.69, 9.17) is 10.2 Å². The number of benzene rings is 4. The minimum atomic E-state index is -0.173. The molecule has 0 unspecified atom stereocenters. The number of para-hydroxylation sites is 2. The van der Waals surface area contributed by atoms with Crippen molar-refractivity contribution in [3.63, 3.8) is 0 Å². The summed E-state index contributed by atoms with van der Waals surface area (Å²) >= 11 is 3.27. The molecule has 2 saturated heterocycles. The Balaban J connectivity index is 1.05. The second-order valence-corrected chi connectivity index (χ2v) is 14.1. The molecule has 0 radical (unpaired) electrons. The molecule has 244 valence electrons. The molecule has 2 fully saturated rings. The fourth-order valence-corrected chi connectivity index (χ4v) is 8.96. The van der Waals surface area contributed by atoms with Gasteiger partial charge in [-0.3, -0.25) is 9.59 Å². The van der Waals surface area contributed by atoms with Crippen LogP contribution in [0.15, 0.2) is 134 Å². The summed E-state index contributed by atoms with van der Waals surface area (Å²) in [5.41, 5.74) is 7.73. The Bertz CT molecular complexity index is 1920. The van der Waals surface area contributed by atoms with Gasteiger partial charge in [0, 0.05) is 47.7 Å². The second kappa shape index (κ2) is 13.8. The molecule has 0 spiro atoms. The molecule has 0 saturated carbocycles. The SMILES string of the molecule is O=C1CS[C@H](c2cn(-c3ccccc3)nc2-c2ccccc2)N1CCCN1C(=O)CS[C@@H]1c1cn(-c2ccccc2)nc1-c1ccccc1. The molecule has 0 N–H and O–H groups in total. The van der Waals surface area contributed by atoms with Crippen LogP contribution in [0.1, 0.15) is 28.3 Å². The van der Waals surface area contributed by atoms with Crippen LogP contribution in [0.4, 0.5) is 0 Å². The molecule has 4 aromatic carbocycles. The molecule has 2 atom stereocenters. The Morgan fingerprint density at radius 1 is 0.531 bits per heavy atom. The van der Waals surface area contributed by atoms with Crippen molar-refractivity contribution >= 4 is 35.3 Å². The van der Waals surface area contributed by atoms with Crippen LogP contribution in [-0.2, 0) is 9.59 Å². The summed E-state index contributed by atoms with van der Waals surface area (Å²) in [4.78, 5) is 30.7. The van der Waals surface area contributed by atoms with Crippen molar-refractivity contribution in [2.75, 3.05) is 24.6 Å². The van der Waals surface area contributed by atoms with E-state index < -0.39 is 0 Å². The predicted molar refractivity (Wildman–Crippen MR) is 196 cm³/mol. The first kappa shape index (κ1) is 31.2. The highest BCUT2D eigenvalue weighted by Crippen LogP contribution is 2.45. The lowest BCUT2D eigenvalue weighted by atomic mass is 10.1. The van der Waals surface area contributed by atoms with E-state index in [9.17, 15) is 9.59 Å². The van der Waals surface area contributed by atoms with Gasteiger partial charge in [-0.1, -0.05) is 97.1 Å². The molecule has 2 aliphatic heterocycles. The highest BCUT2D eigenvalue weighted by Gasteiger charge is 2.38. The molecule has 2 aliphatic rings. The third-order valence-electron chi connectivity index (χ3n) is 8.89. The zero-order valence-corrected chi connectivity index (χ0v) is 28.3. The van der Waals surface area contributed by atoms with E-state index in [0.717, 1.165) is 45.0 Å². The smallest absolute Gasteiger partial charge is 0.233 e. The van der Waals surface area contributed by atoms with Crippen molar-refractivity contribution < 1.29 is 9.59 Å². The van der Waals surface area contributed by atoms with E-state index in [0.29, 0.717) is 31.0 Å². The van der Waals surface area contributed by atoms with Gasteiger partial charge in [-0.05, 0) is 30.7 Å². The summed E-state index contributed by atoms with van der Waals surface area (Å²) in [6.07, 6.45) is 4.78. The Morgan fingerprint density at radius 2 is 0.898 bits per heavy atom. The highest BCUT2D eigenvalue weighted by molar-refractivity contribution is 8.00. The van der Waals surface area contributed by atoms with Crippen molar-refractivity contribution in [3.8, 4) is 33.9 Å². The maximum absolute atomic E-state index is 13.4. The van der Waals surface area contributed by atoms with E-state index in [2.05, 4.69) is 36.7 Å². The van der Waals surface area contributed by atoms with E-state index in [-0.39, 0.29) is 22.6 Å². The van der Waals surface area contributed by atoms with Gasteiger partial charge >= 0.3 is 0 Å². The zero-order chi connectivity index (χ0) is 33.2. The van der Waals surface area contributed by atoms with Gasteiger partial charge in [-0.15, -0.1) is 23.5 Å². The number of hydrogen-bond donors (Lipinski definition) is 0. The van der Waals surface area contributed by atoms with Gasteiger partial charge in [0.2, 0.25) is 11.8 Å². The fraction of sp³-hybridized carbons (Fsp3) is 0.179. The van der Waals surface area contributed by atoms with Crippen molar-refractivity contribution in [2.24, 2.45) is 0 Å². The van der Waals surface area contributed by atoms with Gasteiger partial charge in [-0.25, -0.2) is 9.36 Å². The average Bonchev–Trinajstić information content (AvgIpc) is 3.96. The second-order valence-electron chi connectivity index (χ2n) is 12.0. The molecule has 2 amide bonds. The summed E-state index contributed by atoms with van der Waals surface area (Å²) in [6, 6.07) is 40.4. The Kier molecular flexibility index (Phi) is 8.80. The van der Waals surface area contributed by atoms with Gasteiger partial charge in [-0.2, -0.15) is 10.2 Å². The maximum Gasteiger partial charge on any atom is 0.233 e. The molecule has 0 aliphatic carbocycles. The number of thioether (sulfide) groups is 2. The van der Waals surface area contributed by atoms with Crippen LogP contribution in [0.3, 0.4) is 0 Å². The van der Waals surface area contributed by atoms with Crippen LogP contribution < -0.4 is 0 Å². The number of rotatable bonds is 10. The number of aromatic nitrogens is 4. The lowest BCUT2D eigenvalue weighted by Crippen LogP contribution is -2.34. The topological polar surface area (TPSA) is 76.3 Å². The van der Waals surface area contributed by atoms with E-state index in [1.54, 1.807) is 23.5 Å². The Hall–Kier alpha value is -5.06. The summed E-state index contributed by atoms with van der Waals surface area (Å²) in [7, 11) is 0. The first-order valence-electron chi connectivity index (χ1n) is 16.4. The summed E-state index contributed by atoms with van der Waals surface area (Å²) in [5, 5.41) is 9.68. The third kappa shape index (κ3) is 6.29. The van der Waals surface area contributed by atoms with Gasteiger partial charge < -0.3 is 9.80 Å². The molecule has 8 rings (SSSR count). The Morgan fingerprint density at radius 3 is 1.29 bits per heavy atom. The minimum Gasteiger partial charge on any atom is -0.326 e. The third-order valence-corrected chi connectivity index (χ3v) is 11.4. The lowest BCUT2D eigenvalue weighted by Gasteiger charge is -2.27. The average molecular weight is 683 g/mol. The van der Waals surface area contributed by atoms with Gasteiger partial charge in [0.05, 0.1) is 34.3 Å². The number of nitrogens with zero attached hydrogens (tertiary/aromatic N) is 6. The van der Waals surface area contributed by atoms with E-state index in [1.807, 2.05) is 116 Å². The van der Waals surface area contributed by atoms with Crippen LogP contribution in [0.2, 0.25) is 0 Å². The van der Waals surface area contributed by atoms with Crippen molar-refractivity contribution in [3.05, 3.63) is 145 Å². The minimum absolute atomic E-state index is 0.107. The molecule has 0 bridgehead atoms. The maximum atomic E-state index is 13.4. The van der Waals surface area contributed by atoms with Gasteiger partial charge in [0.1, 0.15) is 10.7 Å². The molecule has 8 nitrogen and oxygen atoms in total. The van der Waals surface area contributed by atoms with Crippen LogP contribution in [-0.4, -0.2) is 65.8 Å². The quantitative estimate of drug-likeness (QED) is 0.148. The molecule has 2 aromatic heterocycles. The highest BCUT2D eigenvalue weighted by atomic mass is 32.2. The van der Waals surface area contributed by atoms with Crippen LogP contribution in [0.5, 0.6) is 0 Å². The summed E-state index contributed by atoms with van der Waals surface area (Å²) in [6.45, 7) is 1.08. The van der Waals surface area contributed by atoms with Crippen LogP contribution in [0.25, 0.3) is 33.9 Å². The molecule has 49 heavy (non-hydrogen) atoms. The Labute approximate surface area is 293 Å². The largest absolute Gasteiger partial charge is 0.326 e. The molecule has 4 heterocycles. The first-order valence-corrected chi connectivity index (χ1v) is 18.5. The van der Waals surface area contributed by atoms with Crippen LogP contribution in [0, 0.1) is 0 Å². The van der Waals surface area contributed by atoms with Crippen LogP contribution >= 0.6 is 23.5 Å². The summed E-state index contributed by atoms with van der Waals surface area (Å²) in [5.74, 6) is 1.04. The van der Waals surface area contributed by atoms with Crippen molar-refractivity contribution in [1.82, 2.24) is 29.4 Å². The lowest BCUT2D eigenvalue weighted by molar-refractivity contribution is -0.128. The molecule has 6 aromatic rings. The van der Waals surface area contributed by atoms with Crippen molar-refractivity contribution in [1.29, 1.82) is 0 Å². The fourth-order valence-electron chi connectivity index (χ4n) is 6.52. The van der Waals surface area contributed by atoms with Gasteiger partial charge in [0.15, 0.2) is 0 Å². The molecular weight excluding hydrogens is 649 g/mol. The summed E-state index contributed by atoms with van der Waals surface area (Å²) < 4.78 is 3.81. The number of hydrogen-bond acceptors (Lipinski definition) is 6. The number of carbonyl (C=O) groups is 2. The normalized spacial score (nSPS) is 17.7. The van der Waals surface area contributed by atoms with E-state index in [1.165, 1.54) is 0 Å². The number of amides is 2. The zero-order valence-electron chi connectivity index (χ0n) is 26.7. The van der Waals surface area contributed by atoms with E-state index >= 15 is 0 Å². The monoisotopic (exact) mass is 682 g/mol. The molecule has 10 heteroatoms. The molecular formula is C39H34N6O2S2.